The van der Waals surface area contributed by atoms with Crippen molar-refractivity contribution < 1.29 is 13.7 Å². The van der Waals surface area contributed by atoms with Gasteiger partial charge in [0.15, 0.2) is 5.76 Å². The number of aromatic nitrogens is 3. The van der Waals surface area contributed by atoms with Gasteiger partial charge >= 0.3 is 0 Å². The number of pyridine rings is 1. The highest BCUT2D eigenvalue weighted by molar-refractivity contribution is 5.75. The van der Waals surface area contributed by atoms with Crippen molar-refractivity contribution in [2.75, 3.05) is 0 Å². The molecule has 1 amide bonds. The molecule has 0 aliphatic carbocycles. The summed E-state index contributed by atoms with van der Waals surface area (Å²) < 4.78 is 10.3. The summed E-state index contributed by atoms with van der Waals surface area (Å²) in [6.45, 7) is 2.32. The van der Waals surface area contributed by atoms with Crippen molar-refractivity contribution >= 4 is 5.91 Å². The number of aryl methyl sites for hydroxylation is 2. The van der Waals surface area contributed by atoms with Crippen LogP contribution in [0.1, 0.15) is 23.7 Å². The number of nitrogens with one attached hydrogen (secondary N) is 1. The molecular weight excluding hydrogens is 296 g/mol. The molecule has 0 saturated carbocycles. The zero-order valence-corrected chi connectivity index (χ0v) is 12.7. The fourth-order valence-electron chi connectivity index (χ4n) is 2.06. The summed E-state index contributed by atoms with van der Waals surface area (Å²) in [4.78, 5) is 20.4. The minimum absolute atomic E-state index is 0.0916. The first-order valence-corrected chi connectivity index (χ1v) is 7.26. The maximum atomic E-state index is 11.9. The molecular formula is C16H16N4O3. The highest BCUT2D eigenvalue weighted by atomic mass is 16.5. The molecule has 0 aliphatic heterocycles. The summed E-state index contributed by atoms with van der Waals surface area (Å²) in [5.74, 6) is 1.23. The van der Waals surface area contributed by atoms with E-state index in [0.717, 1.165) is 11.4 Å². The number of furan rings is 1. The van der Waals surface area contributed by atoms with E-state index < -0.39 is 0 Å². The van der Waals surface area contributed by atoms with Gasteiger partial charge in [0.25, 0.3) is 0 Å². The maximum Gasteiger partial charge on any atom is 0.238 e. The number of amides is 1. The summed E-state index contributed by atoms with van der Waals surface area (Å²) in [6.07, 6.45) is 2.19. The summed E-state index contributed by atoms with van der Waals surface area (Å²) >= 11 is 0. The van der Waals surface area contributed by atoms with Crippen LogP contribution in [0.5, 0.6) is 0 Å². The molecule has 0 aromatic carbocycles. The van der Waals surface area contributed by atoms with Gasteiger partial charge in [-0.15, -0.1) is 0 Å². The lowest BCUT2D eigenvalue weighted by molar-refractivity contribution is -0.121. The van der Waals surface area contributed by atoms with Crippen LogP contribution in [0.4, 0.5) is 0 Å². The van der Waals surface area contributed by atoms with Crippen LogP contribution in [0.15, 0.2) is 45.5 Å². The van der Waals surface area contributed by atoms with Gasteiger partial charge in [-0.1, -0.05) is 11.2 Å². The number of hydrogen-bond donors (Lipinski definition) is 1. The van der Waals surface area contributed by atoms with Gasteiger partial charge in [0.2, 0.25) is 17.6 Å². The standard InChI is InChI=1S/C16H16N4O3/c1-11-4-2-5-12(18-11)10-17-14(21)7-8-15-19-16(20-23-15)13-6-3-9-22-13/h2-6,9H,7-8,10H2,1H3,(H,17,21). The number of rotatable bonds is 6. The predicted octanol–water partition coefficient (Wildman–Crippen LogP) is 2.28. The Morgan fingerprint density at radius 1 is 1.22 bits per heavy atom. The quantitative estimate of drug-likeness (QED) is 0.750. The maximum absolute atomic E-state index is 11.9. The van der Waals surface area contributed by atoms with E-state index in [0.29, 0.717) is 30.4 Å². The van der Waals surface area contributed by atoms with Crippen LogP contribution >= 0.6 is 0 Å². The zero-order valence-electron chi connectivity index (χ0n) is 12.7. The Morgan fingerprint density at radius 2 is 2.13 bits per heavy atom. The normalized spacial score (nSPS) is 10.7. The van der Waals surface area contributed by atoms with Crippen LogP contribution < -0.4 is 5.32 Å². The van der Waals surface area contributed by atoms with Gasteiger partial charge in [0.05, 0.1) is 18.5 Å². The lowest BCUT2D eigenvalue weighted by Crippen LogP contribution is -2.23. The zero-order chi connectivity index (χ0) is 16.1. The lowest BCUT2D eigenvalue weighted by atomic mass is 10.2. The van der Waals surface area contributed by atoms with Gasteiger partial charge in [-0.05, 0) is 31.2 Å². The van der Waals surface area contributed by atoms with Gasteiger partial charge in [-0.3, -0.25) is 9.78 Å². The molecule has 3 aromatic heterocycles. The molecule has 7 nitrogen and oxygen atoms in total. The van der Waals surface area contributed by atoms with Crippen molar-refractivity contribution in [2.45, 2.75) is 26.3 Å². The minimum atomic E-state index is -0.0916. The second kappa shape index (κ2) is 6.87. The topological polar surface area (TPSA) is 94.1 Å². The van der Waals surface area contributed by atoms with Gasteiger partial charge < -0.3 is 14.3 Å². The predicted molar refractivity (Wildman–Crippen MR) is 81.1 cm³/mol. The summed E-state index contributed by atoms with van der Waals surface area (Å²) in [5.41, 5.74) is 1.75. The molecule has 0 spiro atoms. The molecule has 23 heavy (non-hydrogen) atoms. The monoisotopic (exact) mass is 312 g/mol. The third-order valence-electron chi connectivity index (χ3n) is 3.19. The van der Waals surface area contributed by atoms with E-state index >= 15 is 0 Å². The van der Waals surface area contributed by atoms with Crippen LogP contribution in [0, 0.1) is 6.92 Å². The first-order valence-electron chi connectivity index (χ1n) is 7.26. The van der Waals surface area contributed by atoms with Crippen LogP contribution in [0.2, 0.25) is 0 Å². The van der Waals surface area contributed by atoms with Crippen molar-refractivity contribution in [3.8, 4) is 11.6 Å². The molecule has 0 saturated heterocycles. The van der Waals surface area contributed by atoms with Crippen LogP contribution in [0.25, 0.3) is 11.6 Å². The fourth-order valence-corrected chi connectivity index (χ4v) is 2.06. The van der Waals surface area contributed by atoms with Crippen molar-refractivity contribution in [1.82, 2.24) is 20.4 Å². The Hall–Kier alpha value is -2.96. The minimum Gasteiger partial charge on any atom is -0.461 e. The molecule has 0 unspecified atom stereocenters. The van der Waals surface area contributed by atoms with E-state index in [9.17, 15) is 4.79 Å². The van der Waals surface area contributed by atoms with E-state index in [1.807, 2.05) is 25.1 Å². The smallest absolute Gasteiger partial charge is 0.238 e. The van der Waals surface area contributed by atoms with E-state index in [2.05, 4.69) is 20.4 Å². The first-order chi connectivity index (χ1) is 11.2. The van der Waals surface area contributed by atoms with Crippen LogP contribution in [-0.2, 0) is 17.8 Å². The number of hydrogen-bond acceptors (Lipinski definition) is 6. The molecule has 7 heteroatoms. The number of carbonyl (C=O) groups is 1. The summed E-state index contributed by atoms with van der Waals surface area (Å²) in [5, 5.41) is 6.64. The molecule has 0 radical (unpaired) electrons. The van der Waals surface area contributed by atoms with Gasteiger partial charge in [-0.25, -0.2) is 0 Å². The summed E-state index contributed by atoms with van der Waals surface area (Å²) in [7, 11) is 0. The van der Waals surface area contributed by atoms with Crippen LogP contribution in [-0.4, -0.2) is 21.0 Å². The van der Waals surface area contributed by atoms with E-state index in [1.165, 1.54) is 6.26 Å². The van der Waals surface area contributed by atoms with Gasteiger partial charge in [-0.2, -0.15) is 4.98 Å². The Morgan fingerprint density at radius 3 is 2.91 bits per heavy atom. The molecule has 0 bridgehead atoms. The van der Waals surface area contributed by atoms with E-state index in [4.69, 9.17) is 8.94 Å². The molecule has 3 aromatic rings. The van der Waals surface area contributed by atoms with Crippen molar-refractivity contribution in [2.24, 2.45) is 0 Å². The average Bonchev–Trinajstić information content (AvgIpc) is 3.22. The second-order valence-corrected chi connectivity index (χ2v) is 5.04. The Bertz CT molecular complexity index is 780. The Balaban J connectivity index is 1.47. The molecule has 3 heterocycles. The highest BCUT2D eigenvalue weighted by Gasteiger charge is 2.12. The lowest BCUT2D eigenvalue weighted by Gasteiger charge is -2.04. The van der Waals surface area contributed by atoms with Gasteiger partial charge in [0, 0.05) is 18.5 Å². The third-order valence-corrected chi connectivity index (χ3v) is 3.19. The fraction of sp³-hybridized carbons (Fsp3) is 0.250. The number of nitrogens with zero attached hydrogens (tertiary/aromatic N) is 3. The average molecular weight is 312 g/mol. The van der Waals surface area contributed by atoms with Crippen molar-refractivity contribution in [3.05, 3.63) is 53.9 Å². The summed E-state index contributed by atoms with van der Waals surface area (Å²) in [6, 6.07) is 9.20. The SMILES string of the molecule is Cc1cccc(CNC(=O)CCc2nc(-c3ccco3)no2)n1. The van der Waals surface area contributed by atoms with Crippen molar-refractivity contribution in [3.63, 3.8) is 0 Å². The highest BCUT2D eigenvalue weighted by Crippen LogP contribution is 2.16. The van der Waals surface area contributed by atoms with Gasteiger partial charge in [0.1, 0.15) is 0 Å². The molecule has 1 N–H and O–H groups in total. The van der Waals surface area contributed by atoms with E-state index in [-0.39, 0.29) is 12.3 Å². The first kappa shape index (κ1) is 15.0. The Kier molecular flexibility index (Phi) is 4.46. The molecule has 0 fully saturated rings. The Labute approximate surface area is 132 Å². The van der Waals surface area contributed by atoms with Crippen molar-refractivity contribution in [1.29, 1.82) is 0 Å². The molecule has 0 aliphatic rings. The molecule has 118 valence electrons. The van der Waals surface area contributed by atoms with E-state index in [1.54, 1.807) is 12.1 Å². The third kappa shape index (κ3) is 4.03. The largest absolute Gasteiger partial charge is 0.461 e. The second-order valence-electron chi connectivity index (χ2n) is 5.04. The van der Waals surface area contributed by atoms with Crippen LogP contribution in [0.3, 0.4) is 0 Å². The molecule has 0 atom stereocenters. The number of carbonyl (C=O) groups excluding carboxylic acids is 1. The molecule has 3 rings (SSSR count).